The van der Waals surface area contributed by atoms with Crippen molar-refractivity contribution in [1.29, 1.82) is 0 Å². The molecule has 0 atom stereocenters. The third kappa shape index (κ3) is 42.9. The van der Waals surface area contributed by atoms with Crippen LogP contribution >= 0.6 is 11.6 Å². The van der Waals surface area contributed by atoms with Crippen molar-refractivity contribution in [3.8, 4) is 0 Å². The van der Waals surface area contributed by atoms with E-state index in [9.17, 15) is 0 Å². The molecule has 0 aromatic heterocycles. The summed E-state index contributed by atoms with van der Waals surface area (Å²) in [5.74, 6) is 0. The quantitative estimate of drug-likeness (QED) is 0.424. The predicted octanol–water partition coefficient (Wildman–Crippen LogP) is 6.38. The average molecular weight is 407 g/mol. The third-order valence-electron chi connectivity index (χ3n) is 2.11. The van der Waals surface area contributed by atoms with E-state index in [1.807, 2.05) is 0 Å². The third-order valence-corrected chi connectivity index (χ3v) is 2.33. The van der Waals surface area contributed by atoms with Gasteiger partial charge in [0.25, 0.3) is 0 Å². The van der Waals surface area contributed by atoms with Crippen molar-refractivity contribution in [2.45, 2.75) is 80.1 Å². The number of halogens is 1. The normalized spacial score (nSPS) is 10.1. The molecule has 4 radical (unpaired) electrons. The average Bonchev–Trinajstić information content (AvgIpc) is 2.48. The van der Waals surface area contributed by atoms with Gasteiger partial charge in [-0.3, -0.25) is 0 Å². The van der Waals surface area contributed by atoms with E-state index in [-0.39, 0.29) is 23.9 Å². The van der Waals surface area contributed by atoms with Crippen LogP contribution in [-0.4, -0.2) is 23.9 Å². The zero-order valence-electron chi connectivity index (χ0n) is 14.4. The summed E-state index contributed by atoms with van der Waals surface area (Å²) >= 11 is 5.48. The summed E-state index contributed by atoms with van der Waals surface area (Å²) in [4.78, 5) is 0. The van der Waals surface area contributed by atoms with E-state index in [1.54, 1.807) is 18.5 Å². The van der Waals surface area contributed by atoms with Gasteiger partial charge < -0.3 is 5.32 Å². The minimum Gasteiger partial charge on any atom is -0.360 e. The fraction of sp³-hybridized carbons (Fsp3) is 0.706. The molecule has 118 valence electrons. The maximum atomic E-state index is 5.48. The van der Waals surface area contributed by atoms with Crippen LogP contribution in [0.25, 0.3) is 0 Å². The van der Waals surface area contributed by atoms with Gasteiger partial charge in [-0.25, -0.2) is 0 Å². The standard InChI is InChI=1S/C5H4ClN.3C4H10.Sn/c6-5-2-1-3-7-4-5;3*1-3-4-2;/h2-4,7H;3*3-4H2,1-2H3;. The molecule has 1 aliphatic rings. The Morgan fingerprint density at radius 1 is 0.850 bits per heavy atom. The first kappa shape index (κ1) is 28.3. The molecule has 1 aliphatic heterocycles. The van der Waals surface area contributed by atoms with Gasteiger partial charge in [0.05, 0.1) is 5.03 Å². The van der Waals surface area contributed by atoms with Crippen molar-refractivity contribution < 1.29 is 0 Å². The molecule has 0 aliphatic carbocycles. The summed E-state index contributed by atoms with van der Waals surface area (Å²) < 4.78 is 0. The summed E-state index contributed by atoms with van der Waals surface area (Å²) in [5, 5.41) is 3.46. The van der Waals surface area contributed by atoms with Gasteiger partial charge in [0.1, 0.15) is 0 Å². The molecule has 1 rings (SSSR count). The monoisotopic (exact) mass is 407 g/mol. The zero-order valence-corrected chi connectivity index (χ0v) is 18.0. The summed E-state index contributed by atoms with van der Waals surface area (Å²) in [6.07, 6.45) is 13.0. The molecule has 1 N–H and O–H groups in total. The largest absolute Gasteiger partial charge is 0.360 e. The molecular formula is C17H34ClNSn. The van der Waals surface area contributed by atoms with Gasteiger partial charge >= 0.3 is 0 Å². The van der Waals surface area contributed by atoms with Gasteiger partial charge in [-0.15, -0.1) is 5.73 Å². The van der Waals surface area contributed by atoms with Gasteiger partial charge in [0, 0.05) is 42.4 Å². The van der Waals surface area contributed by atoms with E-state index < -0.39 is 0 Å². The van der Waals surface area contributed by atoms with Crippen LogP contribution in [0.5, 0.6) is 0 Å². The van der Waals surface area contributed by atoms with Crippen molar-refractivity contribution in [2.24, 2.45) is 0 Å². The SMILES string of the molecule is CCCC.CCCC.CCCC.ClC1=CNC=C=C1.[Sn]. The van der Waals surface area contributed by atoms with Gasteiger partial charge in [-0.1, -0.05) is 91.7 Å². The van der Waals surface area contributed by atoms with Crippen LogP contribution in [0.4, 0.5) is 0 Å². The van der Waals surface area contributed by atoms with E-state index in [0.29, 0.717) is 5.03 Å². The summed E-state index contributed by atoms with van der Waals surface area (Å²) in [6, 6.07) is 0. The van der Waals surface area contributed by atoms with Crippen LogP contribution in [0, 0.1) is 0 Å². The molecule has 0 fully saturated rings. The first-order chi connectivity index (χ1) is 9.14. The molecule has 1 heterocycles. The van der Waals surface area contributed by atoms with Gasteiger partial charge in [-0.05, 0) is 0 Å². The van der Waals surface area contributed by atoms with E-state index in [0.717, 1.165) is 0 Å². The first-order valence-corrected chi connectivity index (χ1v) is 8.04. The van der Waals surface area contributed by atoms with E-state index in [1.165, 1.54) is 38.5 Å². The van der Waals surface area contributed by atoms with E-state index >= 15 is 0 Å². The number of hydrogen-bond donors (Lipinski definition) is 1. The molecule has 0 saturated carbocycles. The number of nitrogens with one attached hydrogen (secondary N) is 1. The Morgan fingerprint density at radius 3 is 1.30 bits per heavy atom. The zero-order chi connectivity index (χ0) is 15.4. The molecule has 20 heavy (non-hydrogen) atoms. The Morgan fingerprint density at radius 2 is 1.20 bits per heavy atom. The second kappa shape index (κ2) is 31.5. The van der Waals surface area contributed by atoms with Crippen molar-refractivity contribution in [3.63, 3.8) is 0 Å². The van der Waals surface area contributed by atoms with Crippen LogP contribution < -0.4 is 5.32 Å². The van der Waals surface area contributed by atoms with Gasteiger partial charge in [-0.2, -0.15) is 0 Å². The Hall–Kier alpha value is 0.149. The van der Waals surface area contributed by atoms with Crippen molar-refractivity contribution >= 4 is 35.5 Å². The first-order valence-electron chi connectivity index (χ1n) is 7.66. The second-order valence-electron chi connectivity index (χ2n) is 4.15. The summed E-state index contributed by atoms with van der Waals surface area (Å²) in [5.41, 5.74) is 2.77. The Kier molecular flexibility index (Phi) is 44.6. The van der Waals surface area contributed by atoms with E-state index in [2.05, 4.69) is 52.6 Å². The molecule has 3 heteroatoms. The smallest absolute Gasteiger partial charge is 0.0643 e. The van der Waals surface area contributed by atoms with Crippen LogP contribution in [-0.2, 0) is 0 Å². The van der Waals surface area contributed by atoms with Crippen LogP contribution in [0.1, 0.15) is 80.1 Å². The van der Waals surface area contributed by atoms with Gasteiger partial charge in [0.2, 0.25) is 0 Å². The minimum atomic E-state index is 0. The number of hydrogen-bond acceptors (Lipinski definition) is 1. The minimum absolute atomic E-state index is 0. The van der Waals surface area contributed by atoms with Crippen LogP contribution in [0.3, 0.4) is 0 Å². The molecular weight excluding hydrogens is 372 g/mol. The van der Waals surface area contributed by atoms with Crippen LogP contribution in [0.15, 0.2) is 29.2 Å². The van der Waals surface area contributed by atoms with Crippen LogP contribution in [0.2, 0.25) is 0 Å². The Bertz CT molecular complexity index is 216. The Labute approximate surface area is 149 Å². The van der Waals surface area contributed by atoms with E-state index in [4.69, 9.17) is 11.6 Å². The molecule has 0 saturated heterocycles. The Balaban J connectivity index is -0.0000000881. The van der Waals surface area contributed by atoms with Crippen molar-refractivity contribution in [3.05, 3.63) is 29.2 Å². The molecule has 0 bridgehead atoms. The molecule has 0 amide bonds. The molecule has 0 unspecified atom stereocenters. The molecule has 0 aromatic rings. The van der Waals surface area contributed by atoms with Crippen molar-refractivity contribution in [2.75, 3.05) is 0 Å². The summed E-state index contributed by atoms with van der Waals surface area (Å²) in [7, 11) is 0. The fourth-order valence-corrected chi connectivity index (χ4v) is 0.458. The maximum Gasteiger partial charge on any atom is 0.0643 e. The molecule has 1 nitrogen and oxygen atoms in total. The molecule has 0 aromatic carbocycles. The number of allylic oxidation sites excluding steroid dienone is 2. The predicted molar refractivity (Wildman–Crippen MR) is 97.2 cm³/mol. The number of rotatable bonds is 3. The maximum absolute atomic E-state index is 5.48. The van der Waals surface area contributed by atoms with Gasteiger partial charge in [0.15, 0.2) is 0 Å². The van der Waals surface area contributed by atoms with Crippen molar-refractivity contribution in [1.82, 2.24) is 5.32 Å². The fourth-order valence-electron chi connectivity index (χ4n) is 0.332. The number of unbranched alkanes of at least 4 members (excludes halogenated alkanes) is 3. The molecule has 0 spiro atoms. The summed E-state index contributed by atoms with van der Waals surface area (Å²) in [6.45, 7) is 13.1. The topological polar surface area (TPSA) is 12.0 Å². The second-order valence-corrected chi connectivity index (χ2v) is 4.59.